The number of hydrogen-bond acceptors (Lipinski definition) is 1. The Morgan fingerprint density at radius 3 is 2.21 bits per heavy atom. The second-order valence-electron chi connectivity index (χ2n) is 3.55. The summed E-state index contributed by atoms with van der Waals surface area (Å²) in [5.41, 5.74) is 0. The number of hydrogen-bond donors (Lipinski definition) is 0. The highest BCUT2D eigenvalue weighted by molar-refractivity contribution is 5.64. The quantitative estimate of drug-likeness (QED) is 0.260. The molecule has 0 aromatic rings. The van der Waals surface area contributed by atoms with Crippen molar-refractivity contribution in [3.05, 3.63) is 36.5 Å². The van der Waals surface area contributed by atoms with Crippen molar-refractivity contribution in [3.63, 3.8) is 0 Å². The molecule has 0 saturated carbocycles. The SMILES string of the molecule is CC(C)C=CC=CCCCC=CC=O. The fourth-order valence-corrected chi connectivity index (χ4v) is 0.966. The Morgan fingerprint density at radius 1 is 1.00 bits per heavy atom. The van der Waals surface area contributed by atoms with Gasteiger partial charge in [0.1, 0.15) is 6.29 Å². The van der Waals surface area contributed by atoms with Crippen molar-refractivity contribution < 1.29 is 4.79 Å². The third kappa shape index (κ3) is 10.9. The molecule has 0 rings (SSSR count). The monoisotopic (exact) mass is 192 g/mol. The van der Waals surface area contributed by atoms with Crippen LogP contribution in [-0.2, 0) is 4.79 Å². The number of carbonyl (C=O) groups is 1. The summed E-state index contributed by atoms with van der Waals surface area (Å²) in [5.74, 6) is 0.621. The Kier molecular flexibility index (Phi) is 9.18. The lowest BCUT2D eigenvalue weighted by atomic mass is 10.2. The van der Waals surface area contributed by atoms with Crippen LogP contribution in [0.25, 0.3) is 0 Å². The Balaban J connectivity index is 3.35. The van der Waals surface area contributed by atoms with E-state index in [-0.39, 0.29) is 0 Å². The van der Waals surface area contributed by atoms with Crippen molar-refractivity contribution in [1.82, 2.24) is 0 Å². The molecule has 0 heterocycles. The molecule has 0 radical (unpaired) electrons. The second kappa shape index (κ2) is 9.97. The molecule has 0 bridgehead atoms. The van der Waals surface area contributed by atoms with Crippen molar-refractivity contribution in [2.45, 2.75) is 33.1 Å². The lowest BCUT2D eigenvalue weighted by Gasteiger charge is -1.90. The molecule has 78 valence electrons. The predicted octanol–water partition coefficient (Wildman–Crippen LogP) is 3.68. The molecule has 0 aromatic carbocycles. The number of rotatable bonds is 7. The van der Waals surface area contributed by atoms with Crippen LogP contribution in [0.3, 0.4) is 0 Å². The van der Waals surface area contributed by atoms with Crippen molar-refractivity contribution in [1.29, 1.82) is 0 Å². The molecule has 0 unspecified atom stereocenters. The van der Waals surface area contributed by atoms with Gasteiger partial charge in [0, 0.05) is 0 Å². The zero-order chi connectivity index (χ0) is 10.6. The molecule has 0 aliphatic carbocycles. The predicted molar refractivity (Wildman–Crippen MR) is 62.2 cm³/mol. The van der Waals surface area contributed by atoms with E-state index in [1.807, 2.05) is 6.08 Å². The number of allylic oxidation sites excluding steroid dienone is 6. The van der Waals surface area contributed by atoms with Gasteiger partial charge in [-0.1, -0.05) is 44.2 Å². The van der Waals surface area contributed by atoms with E-state index in [4.69, 9.17) is 0 Å². The summed E-state index contributed by atoms with van der Waals surface area (Å²) < 4.78 is 0. The maximum atomic E-state index is 9.93. The fraction of sp³-hybridized carbons (Fsp3) is 0.462. The number of carbonyl (C=O) groups excluding carboxylic acids is 1. The smallest absolute Gasteiger partial charge is 0.142 e. The van der Waals surface area contributed by atoms with Crippen LogP contribution in [0.5, 0.6) is 0 Å². The van der Waals surface area contributed by atoms with E-state index >= 15 is 0 Å². The third-order valence-corrected chi connectivity index (χ3v) is 1.70. The van der Waals surface area contributed by atoms with Gasteiger partial charge in [-0.25, -0.2) is 0 Å². The van der Waals surface area contributed by atoms with Crippen LogP contribution in [0, 0.1) is 5.92 Å². The van der Waals surface area contributed by atoms with Gasteiger partial charge in [-0.3, -0.25) is 4.79 Å². The highest BCUT2D eigenvalue weighted by atomic mass is 16.1. The van der Waals surface area contributed by atoms with Crippen LogP contribution in [-0.4, -0.2) is 6.29 Å². The summed E-state index contributed by atoms with van der Waals surface area (Å²) in [7, 11) is 0. The van der Waals surface area contributed by atoms with Crippen LogP contribution < -0.4 is 0 Å². The van der Waals surface area contributed by atoms with Crippen molar-refractivity contribution in [3.8, 4) is 0 Å². The molecule has 1 heteroatoms. The molecule has 1 nitrogen and oxygen atoms in total. The lowest BCUT2D eigenvalue weighted by molar-refractivity contribution is -0.104. The first-order valence-electron chi connectivity index (χ1n) is 5.21. The lowest BCUT2D eigenvalue weighted by Crippen LogP contribution is -1.74. The number of aldehydes is 1. The van der Waals surface area contributed by atoms with Crippen molar-refractivity contribution >= 4 is 6.29 Å². The largest absolute Gasteiger partial charge is 0.299 e. The van der Waals surface area contributed by atoms with Gasteiger partial charge in [0.05, 0.1) is 0 Å². The van der Waals surface area contributed by atoms with E-state index in [2.05, 4.69) is 38.2 Å². The zero-order valence-electron chi connectivity index (χ0n) is 9.15. The van der Waals surface area contributed by atoms with Crippen LogP contribution in [0.2, 0.25) is 0 Å². The average molecular weight is 192 g/mol. The maximum Gasteiger partial charge on any atom is 0.142 e. The summed E-state index contributed by atoms with van der Waals surface area (Å²) in [5, 5.41) is 0. The Bertz CT molecular complexity index is 209. The minimum Gasteiger partial charge on any atom is -0.299 e. The van der Waals surface area contributed by atoms with Crippen molar-refractivity contribution in [2.24, 2.45) is 5.92 Å². The first-order valence-corrected chi connectivity index (χ1v) is 5.21. The fourth-order valence-electron chi connectivity index (χ4n) is 0.966. The molecule has 0 spiro atoms. The Labute approximate surface area is 87.2 Å². The number of unbranched alkanes of at least 4 members (excludes halogenated alkanes) is 2. The second-order valence-corrected chi connectivity index (χ2v) is 3.55. The molecule has 0 amide bonds. The molecular weight excluding hydrogens is 172 g/mol. The van der Waals surface area contributed by atoms with Crippen LogP contribution in [0.4, 0.5) is 0 Å². The third-order valence-electron chi connectivity index (χ3n) is 1.70. The summed E-state index contributed by atoms with van der Waals surface area (Å²) >= 11 is 0. The van der Waals surface area contributed by atoms with E-state index < -0.39 is 0 Å². The highest BCUT2D eigenvalue weighted by Crippen LogP contribution is 1.98. The van der Waals surface area contributed by atoms with Gasteiger partial charge in [0.15, 0.2) is 0 Å². The Morgan fingerprint density at radius 2 is 1.64 bits per heavy atom. The van der Waals surface area contributed by atoms with Crippen LogP contribution in [0.15, 0.2) is 36.5 Å². The van der Waals surface area contributed by atoms with E-state index in [9.17, 15) is 4.79 Å². The zero-order valence-corrected chi connectivity index (χ0v) is 9.15. The molecule has 0 aliphatic heterocycles. The maximum absolute atomic E-state index is 9.93. The topological polar surface area (TPSA) is 17.1 Å². The summed E-state index contributed by atoms with van der Waals surface area (Å²) in [6.07, 6.45) is 16.0. The normalized spacial score (nSPS) is 12.5. The van der Waals surface area contributed by atoms with Gasteiger partial charge < -0.3 is 0 Å². The molecular formula is C13H20O. The summed E-state index contributed by atoms with van der Waals surface area (Å²) in [4.78, 5) is 9.93. The van der Waals surface area contributed by atoms with Gasteiger partial charge in [0.25, 0.3) is 0 Å². The average Bonchev–Trinajstić information content (AvgIpc) is 2.15. The molecule has 0 fully saturated rings. The van der Waals surface area contributed by atoms with Crippen LogP contribution in [0.1, 0.15) is 33.1 Å². The highest BCUT2D eigenvalue weighted by Gasteiger charge is 1.81. The van der Waals surface area contributed by atoms with Crippen LogP contribution >= 0.6 is 0 Å². The van der Waals surface area contributed by atoms with E-state index in [1.165, 1.54) is 0 Å². The standard InChI is InChI=1S/C13H20O/c1-13(2)11-9-7-5-3-4-6-8-10-12-14/h5,7-13H,3-4,6H2,1-2H3. The minimum absolute atomic E-state index is 0.621. The first kappa shape index (κ1) is 12.9. The molecule has 14 heavy (non-hydrogen) atoms. The van der Waals surface area contributed by atoms with Gasteiger partial charge in [-0.15, -0.1) is 0 Å². The van der Waals surface area contributed by atoms with E-state index in [0.29, 0.717) is 5.92 Å². The van der Waals surface area contributed by atoms with Gasteiger partial charge in [0.2, 0.25) is 0 Å². The molecule has 0 N–H and O–H groups in total. The molecule has 0 aliphatic rings. The van der Waals surface area contributed by atoms with Gasteiger partial charge >= 0.3 is 0 Å². The Hall–Kier alpha value is -1.11. The molecule has 0 atom stereocenters. The van der Waals surface area contributed by atoms with E-state index in [0.717, 1.165) is 25.5 Å². The molecule has 0 saturated heterocycles. The summed E-state index contributed by atoms with van der Waals surface area (Å²) in [6, 6.07) is 0. The van der Waals surface area contributed by atoms with Gasteiger partial charge in [-0.2, -0.15) is 0 Å². The van der Waals surface area contributed by atoms with Gasteiger partial charge in [-0.05, 0) is 31.3 Å². The van der Waals surface area contributed by atoms with Crippen molar-refractivity contribution in [2.75, 3.05) is 0 Å². The minimum atomic E-state index is 0.621. The molecule has 0 aromatic heterocycles. The summed E-state index contributed by atoms with van der Waals surface area (Å²) in [6.45, 7) is 4.32. The first-order chi connectivity index (χ1) is 6.77. The van der Waals surface area contributed by atoms with E-state index in [1.54, 1.807) is 6.08 Å².